The van der Waals surface area contributed by atoms with Crippen molar-refractivity contribution >= 4 is 17.0 Å². The molecule has 7 heteroatoms. The van der Waals surface area contributed by atoms with E-state index in [9.17, 15) is 0 Å². The molecule has 3 rings (SSSR count). The molecule has 7 nitrogen and oxygen atoms in total. The lowest BCUT2D eigenvalue weighted by Crippen LogP contribution is -2.50. The second kappa shape index (κ2) is 4.51. The van der Waals surface area contributed by atoms with E-state index in [2.05, 4.69) is 24.8 Å². The first-order chi connectivity index (χ1) is 8.75. The quantitative estimate of drug-likeness (QED) is 0.771. The number of nitrogens with two attached hydrogens (primary N) is 1. The fourth-order valence-electron chi connectivity index (χ4n) is 2.18. The Morgan fingerprint density at radius 1 is 1.50 bits per heavy atom. The molecule has 0 bridgehead atoms. The van der Waals surface area contributed by atoms with Crippen LogP contribution in [-0.2, 0) is 4.74 Å². The number of H-pyrrole nitrogens is 1. The average molecular weight is 248 g/mol. The number of nitrogens with one attached hydrogen (secondary N) is 1. The highest BCUT2D eigenvalue weighted by Gasteiger charge is 2.25. The van der Waals surface area contributed by atoms with E-state index < -0.39 is 0 Å². The van der Waals surface area contributed by atoms with Crippen molar-refractivity contribution < 1.29 is 4.74 Å². The molecule has 0 aromatic carbocycles. The van der Waals surface area contributed by atoms with Gasteiger partial charge in [-0.25, -0.2) is 15.0 Å². The molecule has 1 fully saturated rings. The van der Waals surface area contributed by atoms with Crippen LogP contribution >= 0.6 is 0 Å². The zero-order chi connectivity index (χ0) is 12.5. The molecule has 3 heterocycles. The van der Waals surface area contributed by atoms with Crippen LogP contribution < -0.4 is 10.6 Å². The number of rotatable bonds is 2. The van der Waals surface area contributed by atoms with E-state index in [-0.39, 0.29) is 12.1 Å². The first-order valence-electron chi connectivity index (χ1n) is 6.02. The molecule has 2 unspecified atom stereocenters. The zero-order valence-electron chi connectivity index (χ0n) is 10.2. The van der Waals surface area contributed by atoms with E-state index in [1.807, 2.05) is 6.92 Å². The second-order valence-corrected chi connectivity index (χ2v) is 4.51. The summed E-state index contributed by atoms with van der Waals surface area (Å²) < 4.78 is 5.65. The third-order valence-corrected chi connectivity index (χ3v) is 3.18. The van der Waals surface area contributed by atoms with Gasteiger partial charge in [-0.1, -0.05) is 0 Å². The number of ether oxygens (including phenoxy) is 1. The summed E-state index contributed by atoms with van der Waals surface area (Å²) in [7, 11) is 0. The predicted octanol–water partition coefficient (Wildman–Crippen LogP) is -0.0947. The van der Waals surface area contributed by atoms with Gasteiger partial charge in [-0.3, -0.25) is 0 Å². The maximum absolute atomic E-state index is 5.90. The van der Waals surface area contributed by atoms with E-state index in [1.54, 1.807) is 6.33 Å². The summed E-state index contributed by atoms with van der Waals surface area (Å²) in [4.78, 5) is 17.8. The predicted molar refractivity (Wildman–Crippen MR) is 67.3 cm³/mol. The van der Waals surface area contributed by atoms with Crippen LogP contribution in [0, 0.1) is 0 Å². The van der Waals surface area contributed by atoms with Gasteiger partial charge in [-0.05, 0) is 6.92 Å². The molecular weight excluding hydrogens is 232 g/mol. The number of hydrogen-bond donors (Lipinski definition) is 2. The Hall–Kier alpha value is -1.73. The summed E-state index contributed by atoms with van der Waals surface area (Å²) in [6.45, 7) is 4.16. The first-order valence-corrected chi connectivity index (χ1v) is 6.02. The lowest BCUT2D eigenvalue weighted by Gasteiger charge is -2.35. The minimum Gasteiger partial charge on any atom is -0.373 e. The number of anilines is 1. The van der Waals surface area contributed by atoms with Crippen molar-refractivity contribution in [3.8, 4) is 0 Å². The van der Waals surface area contributed by atoms with Gasteiger partial charge in [0.2, 0.25) is 0 Å². The van der Waals surface area contributed by atoms with E-state index in [4.69, 9.17) is 10.5 Å². The molecule has 0 spiro atoms. The summed E-state index contributed by atoms with van der Waals surface area (Å²) in [5, 5.41) is 0. The van der Waals surface area contributed by atoms with Crippen LogP contribution in [0.1, 0.15) is 6.92 Å². The zero-order valence-corrected chi connectivity index (χ0v) is 10.2. The van der Waals surface area contributed by atoms with Crippen molar-refractivity contribution in [2.75, 3.05) is 24.6 Å². The maximum atomic E-state index is 5.90. The smallest absolute Gasteiger partial charge is 0.182 e. The van der Waals surface area contributed by atoms with E-state index in [0.29, 0.717) is 12.3 Å². The third-order valence-electron chi connectivity index (χ3n) is 3.18. The molecule has 0 amide bonds. The van der Waals surface area contributed by atoms with Crippen molar-refractivity contribution in [1.82, 2.24) is 19.9 Å². The van der Waals surface area contributed by atoms with Crippen LogP contribution in [0.3, 0.4) is 0 Å². The Labute approximate surface area is 104 Å². The van der Waals surface area contributed by atoms with E-state index in [1.165, 1.54) is 6.33 Å². The minimum absolute atomic E-state index is 0.00638. The number of aromatic amines is 1. The van der Waals surface area contributed by atoms with Gasteiger partial charge in [-0.15, -0.1) is 0 Å². The first kappa shape index (κ1) is 11.4. The fourth-order valence-corrected chi connectivity index (χ4v) is 2.18. The molecule has 18 heavy (non-hydrogen) atoms. The molecule has 0 saturated carbocycles. The molecule has 2 atom stereocenters. The number of hydrogen-bond acceptors (Lipinski definition) is 6. The molecule has 1 aliphatic rings. The highest BCUT2D eigenvalue weighted by Crippen LogP contribution is 2.22. The number of nitrogens with zero attached hydrogens (tertiary/aromatic N) is 4. The van der Waals surface area contributed by atoms with Crippen LogP contribution in [-0.4, -0.2) is 51.8 Å². The fraction of sp³-hybridized carbons (Fsp3) is 0.545. The van der Waals surface area contributed by atoms with Gasteiger partial charge in [0.15, 0.2) is 11.5 Å². The summed E-state index contributed by atoms with van der Waals surface area (Å²) in [5.74, 6) is 0.867. The molecule has 96 valence electrons. The second-order valence-electron chi connectivity index (χ2n) is 4.51. The molecule has 2 aromatic heterocycles. The summed E-state index contributed by atoms with van der Waals surface area (Å²) in [5.41, 5.74) is 7.44. The Morgan fingerprint density at radius 3 is 3.22 bits per heavy atom. The molecule has 0 radical (unpaired) electrons. The van der Waals surface area contributed by atoms with Gasteiger partial charge in [0.05, 0.1) is 19.0 Å². The summed E-state index contributed by atoms with van der Waals surface area (Å²) >= 11 is 0. The maximum Gasteiger partial charge on any atom is 0.182 e. The number of aromatic nitrogens is 4. The van der Waals surface area contributed by atoms with Gasteiger partial charge >= 0.3 is 0 Å². The summed E-state index contributed by atoms with van der Waals surface area (Å²) in [6.07, 6.45) is 3.20. The molecule has 0 aliphatic carbocycles. The SMILES string of the molecule is CC(N)C1CN(c2ncnc3nc[nH]c23)CCO1. The van der Waals surface area contributed by atoms with Gasteiger partial charge in [0.1, 0.15) is 11.8 Å². The van der Waals surface area contributed by atoms with Gasteiger partial charge in [0, 0.05) is 19.1 Å². The lowest BCUT2D eigenvalue weighted by molar-refractivity contribution is 0.0274. The topological polar surface area (TPSA) is 93.0 Å². The molecule has 1 aliphatic heterocycles. The Morgan fingerprint density at radius 2 is 2.39 bits per heavy atom. The molecule has 3 N–H and O–H groups in total. The van der Waals surface area contributed by atoms with Crippen LogP contribution in [0.4, 0.5) is 5.82 Å². The Kier molecular flexibility index (Phi) is 2.85. The Bertz CT molecular complexity index is 539. The van der Waals surface area contributed by atoms with Crippen molar-refractivity contribution in [1.29, 1.82) is 0 Å². The lowest BCUT2D eigenvalue weighted by atomic mass is 10.1. The van der Waals surface area contributed by atoms with Crippen LogP contribution in [0.5, 0.6) is 0 Å². The Balaban J connectivity index is 1.92. The molecular formula is C11H16N6O. The van der Waals surface area contributed by atoms with Gasteiger partial charge in [-0.2, -0.15) is 0 Å². The molecule has 2 aromatic rings. The van der Waals surface area contributed by atoms with E-state index in [0.717, 1.165) is 24.4 Å². The van der Waals surface area contributed by atoms with Crippen LogP contribution in [0.25, 0.3) is 11.2 Å². The number of morpholine rings is 1. The van der Waals surface area contributed by atoms with Crippen molar-refractivity contribution in [2.45, 2.75) is 19.1 Å². The van der Waals surface area contributed by atoms with Crippen LogP contribution in [0.15, 0.2) is 12.7 Å². The number of fused-ring (bicyclic) bond motifs is 1. The largest absolute Gasteiger partial charge is 0.373 e. The number of imidazole rings is 1. The van der Waals surface area contributed by atoms with E-state index >= 15 is 0 Å². The normalized spacial score (nSPS) is 22.3. The monoisotopic (exact) mass is 248 g/mol. The molecule has 1 saturated heterocycles. The van der Waals surface area contributed by atoms with Crippen molar-refractivity contribution in [3.63, 3.8) is 0 Å². The van der Waals surface area contributed by atoms with Gasteiger partial charge in [0.25, 0.3) is 0 Å². The van der Waals surface area contributed by atoms with Crippen molar-refractivity contribution in [2.24, 2.45) is 5.73 Å². The third kappa shape index (κ3) is 1.91. The minimum atomic E-state index is 0.00638. The van der Waals surface area contributed by atoms with Gasteiger partial charge < -0.3 is 20.4 Å². The average Bonchev–Trinajstić information content (AvgIpc) is 2.87. The van der Waals surface area contributed by atoms with Crippen LogP contribution in [0.2, 0.25) is 0 Å². The highest BCUT2D eigenvalue weighted by molar-refractivity contribution is 5.82. The highest BCUT2D eigenvalue weighted by atomic mass is 16.5. The standard InChI is InChI=1S/C11H16N6O/c1-7(12)8-4-17(2-3-18-8)11-9-10(14-5-13-9)15-6-16-11/h5-8H,2-4,12H2,1H3,(H,13,14,15,16). The van der Waals surface area contributed by atoms with Crippen molar-refractivity contribution in [3.05, 3.63) is 12.7 Å². The summed E-state index contributed by atoms with van der Waals surface area (Å²) in [6, 6.07) is 0.00638.